The van der Waals surface area contributed by atoms with Gasteiger partial charge in [-0.25, -0.2) is 5.43 Å². The summed E-state index contributed by atoms with van der Waals surface area (Å²) in [6.45, 7) is 4.06. The third kappa shape index (κ3) is 4.97. The highest BCUT2D eigenvalue weighted by molar-refractivity contribution is 6.32. The van der Waals surface area contributed by atoms with Gasteiger partial charge in [0.25, 0.3) is 0 Å². The quantitative estimate of drug-likeness (QED) is 0.631. The molecule has 2 rings (SSSR count). The molecule has 0 unspecified atom stereocenters. The molecule has 2 aromatic carbocycles. The van der Waals surface area contributed by atoms with E-state index in [0.717, 1.165) is 11.1 Å². The third-order valence-electron chi connectivity index (χ3n) is 3.83. The van der Waals surface area contributed by atoms with Crippen LogP contribution in [0, 0.1) is 13.8 Å². The molecule has 0 aromatic heterocycles. The molecule has 25 heavy (non-hydrogen) atoms. The maximum absolute atomic E-state index is 12.0. The van der Waals surface area contributed by atoms with Crippen LogP contribution >= 0.6 is 11.6 Å². The van der Waals surface area contributed by atoms with Crippen LogP contribution in [0.3, 0.4) is 0 Å². The predicted octanol–water partition coefficient (Wildman–Crippen LogP) is 3.67. The number of hydrazone groups is 1. The first-order valence-electron chi connectivity index (χ1n) is 7.74. The Kier molecular flexibility index (Phi) is 6.42. The van der Waals surface area contributed by atoms with Crippen molar-refractivity contribution in [2.45, 2.75) is 20.3 Å². The van der Waals surface area contributed by atoms with Crippen molar-refractivity contribution >= 4 is 23.7 Å². The zero-order valence-corrected chi connectivity index (χ0v) is 15.5. The van der Waals surface area contributed by atoms with Crippen molar-refractivity contribution in [1.29, 1.82) is 0 Å². The molecule has 1 N–H and O–H groups in total. The van der Waals surface area contributed by atoms with Gasteiger partial charge in [0.2, 0.25) is 5.91 Å². The Balaban J connectivity index is 2.03. The molecule has 0 bridgehead atoms. The van der Waals surface area contributed by atoms with E-state index in [1.165, 1.54) is 18.9 Å². The van der Waals surface area contributed by atoms with Crippen molar-refractivity contribution in [3.05, 3.63) is 57.6 Å². The Labute approximate surface area is 152 Å². The highest BCUT2D eigenvalue weighted by atomic mass is 35.5. The molecule has 0 spiro atoms. The number of hydrogen-bond acceptors (Lipinski definition) is 4. The highest BCUT2D eigenvalue weighted by Gasteiger charge is 2.09. The molecule has 6 heteroatoms. The molecule has 0 aliphatic carbocycles. The van der Waals surface area contributed by atoms with Gasteiger partial charge in [-0.15, -0.1) is 0 Å². The smallest absolute Gasteiger partial charge is 0.244 e. The lowest BCUT2D eigenvalue weighted by atomic mass is 10.0. The Bertz CT molecular complexity index is 803. The van der Waals surface area contributed by atoms with E-state index in [-0.39, 0.29) is 12.3 Å². The summed E-state index contributed by atoms with van der Waals surface area (Å²) in [4.78, 5) is 12.0. The van der Waals surface area contributed by atoms with Gasteiger partial charge in [-0.2, -0.15) is 5.10 Å². The van der Waals surface area contributed by atoms with E-state index in [1.807, 2.05) is 32.0 Å². The van der Waals surface area contributed by atoms with E-state index in [2.05, 4.69) is 10.5 Å². The molecule has 2 aromatic rings. The van der Waals surface area contributed by atoms with Crippen molar-refractivity contribution < 1.29 is 14.3 Å². The first-order valence-corrected chi connectivity index (χ1v) is 8.12. The lowest BCUT2D eigenvalue weighted by Gasteiger charge is -2.09. The average Bonchev–Trinajstić information content (AvgIpc) is 2.58. The van der Waals surface area contributed by atoms with Gasteiger partial charge >= 0.3 is 0 Å². The second kappa shape index (κ2) is 8.53. The molecule has 0 heterocycles. The summed E-state index contributed by atoms with van der Waals surface area (Å²) < 4.78 is 10.4. The zero-order chi connectivity index (χ0) is 18.4. The van der Waals surface area contributed by atoms with Crippen LogP contribution in [-0.2, 0) is 11.2 Å². The standard InChI is InChI=1S/C19H21ClN2O3/c1-12-5-6-14(7-13(12)2)8-19(23)22-21-11-15-9-16(20)18(25-4)10-17(15)24-3/h5-7,9-11H,8H2,1-4H3,(H,22,23)/b21-11-. The maximum Gasteiger partial charge on any atom is 0.244 e. The van der Waals surface area contributed by atoms with Crippen LogP contribution in [0.15, 0.2) is 35.4 Å². The van der Waals surface area contributed by atoms with Gasteiger partial charge in [0.05, 0.1) is 31.9 Å². The molecular weight excluding hydrogens is 340 g/mol. The number of halogens is 1. The number of amides is 1. The fraction of sp³-hybridized carbons (Fsp3) is 0.263. The van der Waals surface area contributed by atoms with Crippen LogP contribution in [0.2, 0.25) is 5.02 Å². The number of aryl methyl sites for hydroxylation is 2. The molecule has 5 nitrogen and oxygen atoms in total. The van der Waals surface area contributed by atoms with Crippen LogP contribution in [0.5, 0.6) is 11.5 Å². The van der Waals surface area contributed by atoms with Crippen LogP contribution in [-0.4, -0.2) is 26.3 Å². The summed E-state index contributed by atoms with van der Waals surface area (Å²) in [7, 11) is 3.07. The van der Waals surface area contributed by atoms with Gasteiger partial charge in [0.1, 0.15) is 11.5 Å². The number of methoxy groups -OCH3 is 2. The minimum atomic E-state index is -0.196. The number of hydrogen-bond donors (Lipinski definition) is 1. The number of carbonyl (C=O) groups is 1. The summed E-state index contributed by atoms with van der Waals surface area (Å²) in [5.74, 6) is 0.862. The summed E-state index contributed by atoms with van der Waals surface area (Å²) in [5.41, 5.74) is 6.46. The van der Waals surface area contributed by atoms with Crippen molar-refractivity contribution in [2.24, 2.45) is 5.10 Å². The Morgan fingerprint density at radius 2 is 1.84 bits per heavy atom. The normalized spacial score (nSPS) is 10.8. The van der Waals surface area contributed by atoms with Crippen LogP contribution in [0.25, 0.3) is 0 Å². The summed E-state index contributed by atoms with van der Waals surface area (Å²) in [5, 5.41) is 4.42. The van der Waals surface area contributed by atoms with Gasteiger partial charge < -0.3 is 9.47 Å². The fourth-order valence-corrected chi connectivity index (χ4v) is 2.55. The largest absolute Gasteiger partial charge is 0.496 e. The number of ether oxygens (including phenoxy) is 2. The number of benzene rings is 2. The van der Waals surface area contributed by atoms with Crippen LogP contribution in [0.1, 0.15) is 22.3 Å². The number of nitrogens with one attached hydrogen (secondary N) is 1. The third-order valence-corrected chi connectivity index (χ3v) is 4.13. The first kappa shape index (κ1) is 18.8. The van der Waals surface area contributed by atoms with E-state index in [4.69, 9.17) is 21.1 Å². The van der Waals surface area contributed by atoms with Gasteiger partial charge in [-0.05, 0) is 36.6 Å². The van der Waals surface area contributed by atoms with Gasteiger partial charge in [-0.1, -0.05) is 29.8 Å². The molecule has 132 valence electrons. The van der Waals surface area contributed by atoms with Gasteiger partial charge in [-0.3, -0.25) is 4.79 Å². The molecule has 0 radical (unpaired) electrons. The molecule has 0 saturated heterocycles. The molecule has 0 saturated carbocycles. The summed E-state index contributed by atoms with van der Waals surface area (Å²) in [6, 6.07) is 9.28. The Morgan fingerprint density at radius 1 is 1.12 bits per heavy atom. The number of nitrogens with zero attached hydrogens (tertiary/aromatic N) is 1. The van der Waals surface area contributed by atoms with E-state index in [1.54, 1.807) is 19.2 Å². The van der Waals surface area contributed by atoms with E-state index in [0.29, 0.717) is 22.1 Å². The van der Waals surface area contributed by atoms with Crippen molar-refractivity contribution in [1.82, 2.24) is 5.43 Å². The minimum absolute atomic E-state index is 0.196. The monoisotopic (exact) mass is 360 g/mol. The van der Waals surface area contributed by atoms with Crippen molar-refractivity contribution in [2.75, 3.05) is 14.2 Å². The average molecular weight is 361 g/mol. The molecule has 0 aliphatic heterocycles. The van der Waals surface area contributed by atoms with Gasteiger partial charge in [0, 0.05) is 11.6 Å². The van der Waals surface area contributed by atoms with E-state index in [9.17, 15) is 4.79 Å². The lowest BCUT2D eigenvalue weighted by Crippen LogP contribution is -2.19. The van der Waals surface area contributed by atoms with Crippen LogP contribution in [0.4, 0.5) is 0 Å². The molecule has 1 amide bonds. The molecule has 0 atom stereocenters. The molecule has 0 aliphatic rings. The van der Waals surface area contributed by atoms with Gasteiger partial charge in [0.15, 0.2) is 0 Å². The Morgan fingerprint density at radius 3 is 2.48 bits per heavy atom. The van der Waals surface area contributed by atoms with Crippen molar-refractivity contribution in [3.8, 4) is 11.5 Å². The minimum Gasteiger partial charge on any atom is -0.496 e. The van der Waals surface area contributed by atoms with Crippen molar-refractivity contribution in [3.63, 3.8) is 0 Å². The highest BCUT2D eigenvalue weighted by Crippen LogP contribution is 2.31. The molecular formula is C19H21ClN2O3. The van der Waals surface area contributed by atoms with E-state index >= 15 is 0 Å². The first-order chi connectivity index (χ1) is 11.9. The fourth-order valence-electron chi connectivity index (χ4n) is 2.30. The summed E-state index contributed by atoms with van der Waals surface area (Å²) >= 11 is 6.11. The SMILES string of the molecule is COc1cc(OC)c(/C=N\NC(=O)Cc2ccc(C)c(C)c2)cc1Cl. The topological polar surface area (TPSA) is 59.9 Å². The van der Waals surface area contributed by atoms with E-state index < -0.39 is 0 Å². The predicted molar refractivity (Wildman–Crippen MR) is 99.9 cm³/mol. The second-order valence-electron chi connectivity index (χ2n) is 5.62. The summed E-state index contributed by atoms with van der Waals surface area (Å²) in [6.07, 6.45) is 1.75. The number of carbonyl (C=O) groups excluding carboxylic acids is 1. The lowest BCUT2D eigenvalue weighted by molar-refractivity contribution is -0.120. The maximum atomic E-state index is 12.0. The molecule has 0 fully saturated rings. The second-order valence-corrected chi connectivity index (χ2v) is 6.02. The zero-order valence-electron chi connectivity index (χ0n) is 14.7. The van der Waals surface area contributed by atoms with Crippen LogP contribution < -0.4 is 14.9 Å². The Hall–Kier alpha value is -2.53. The number of rotatable bonds is 6.